The summed E-state index contributed by atoms with van der Waals surface area (Å²) in [5.74, 6) is -1.88. The molecule has 0 aliphatic carbocycles. The van der Waals surface area contributed by atoms with Gasteiger partial charge in [-0.1, -0.05) is 26.8 Å². The smallest absolute Gasteiger partial charge is 0.330 e. The SMILES string of the molecule is CC(=O)NC/C=C/C(=O)C(C)COC(=O)/C=C/C(=O)C(C)C. The number of amides is 1. The summed E-state index contributed by atoms with van der Waals surface area (Å²) in [6.45, 7) is 6.67. The number of allylic oxidation sites excluding steroid dienone is 2. The maximum Gasteiger partial charge on any atom is 0.330 e. The second kappa shape index (κ2) is 10.5. The number of carbonyl (C=O) groups is 4. The summed E-state index contributed by atoms with van der Waals surface area (Å²) in [6, 6.07) is 0. The van der Waals surface area contributed by atoms with Crippen LogP contribution < -0.4 is 5.32 Å². The van der Waals surface area contributed by atoms with Crippen molar-refractivity contribution in [2.24, 2.45) is 11.8 Å². The highest BCUT2D eigenvalue weighted by molar-refractivity contribution is 5.97. The number of nitrogens with one attached hydrogen (secondary N) is 1. The van der Waals surface area contributed by atoms with Gasteiger partial charge in [0.05, 0.1) is 5.92 Å². The van der Waals surface area contributed by atoms with Crippen molar-refractivity contribution in [1.82, 2.24) is 5.32 Å². The van der Waals surface area contributed by atoms with Crippen molar-refractivity contribution < 1.29 is 23.9 Å². The first kappa shape index (κ1) is 19.8. The fourth-order valence-electron chi connectivity index (χ4n) is 1.22. The molecule has 0 radical (unpaired) electrons. The predicted octanol–water partition coefficient (Wildman–Crippen LogP) is 1.21. The highest BCUT2D eigenvalue weighted by atomic mass is 16.5. The van der Waals surface area contributed by atoms with Crippen LogP contribution in [0.25, 0.3) is 0 Å². The first-order valence-electron chi connectivity index (χ1n) is 7.07. The molecule has 122 valence electrons. The maximum atomic E-state index is 11.7. The van der Waals surface area contributed by atoms with Crippen LogP contribution in [0.2, 0.25) is 0 Å². The van der Waals surface area contributed by atoms with Crippen LogP contribution in [0.1, 0.15) is 27.7 Å². The molecule has 1 N–H and O–H groups in total. The summed E-state index contributed by atoms with van der Waals surface area (Å²) < 4.78 is 4.90. The number of hydrogen-bond donors (Lipinski definition) is 1. The van der Waals surface area contributed by atoms with Gasteiger partial charge in [0.25, 0.3) is 0 Å². The normalized spacial score (nSPS) is 12.6. The van der Waals surface area contributed by atoms with Gasteiger partial charge in [0.2, 0.25) is 5.91 Å². The highest BCUT2D eigenvalue weighted by Gasteiger charge is 2.12. The molecule has 0 saturated heterocycles. The van der Waals surface area contributed by atoms with Gasteiger partial charge in [0, 0.05) is 25.5 Å². The average molecular weight is 309 g/mol. The second-order valence-electron chi connectivity index (χ2n) is 5.16. The molecule has 0 aliphatic heterocycles. The Morgan fingerprint density at radius 3 is 2.18 bits per heavy atom. The van der Waals surface area contributed by atoms with Gasteiger partial charge in [0.15, 0.2) is 11.6 Å². The Morgan fingerprint density at radius 1 is 1.00 bits per heavy atom. The van der Waals surface area contributed by atoms with Crippen LogP contribution in [0.15, 0.2) is 24.3 Å². The Hall–Kier alpha value is -2.24. The lowest BCUT2D eigenvalue weighted by Gasteiger charge is -2.07. The number of ether oxygens (including phenoxy) is 1. The zero-order chi connectivity index (χ0) is 17.1. The predicted molar refractivity (Wildman–Crippen MR) is 81.9 cm³/mol. The molecule has 0 bridgehead atoms. The summed E-state index contributed by atoms with van der Waals surface area (Å²) in [6.07, 6.45) is 5.11. The molecule has 0 heterocycles. The van der Waals surface area contributed by atoms with E-state index >= 15 is 0 Å². The third-order valence-corrected chi connectivity index (χ3v) is 2.66. The minimum Gasteiger partial charge on any atom is -0.462 e. The Kier molecular flexibility index (Phi) is 9.41. The van der Waals surface area contributed by atoms with E-state index in [0.717, 1.165) is 6.08 Å². The number of ketones is 2. The first-order valence-corrected chi connectivity index (χ1v) is 7.07. The van der Waals surface area contributed by atoms with Crippen LogP contribution in [0.3, 0.4) is 0 Å². The topological polar surface area (TPSA) is 89.5 Å². The number of carbonyl (C=O) groups excluding carboxylic acids is 4. The lowest BCUT2D eigenvalue weighted by molar-refractivity contribution is -0.140. The largest absolute Gasteiger partial charge is 0.462 e. The molecular weight excluding hydrogens is 286 g/mol. The Labute approximate surface area is 130 Å². The molecule has 1 unspecified atom stereocenters. The molecule has 6 nitrogen and oxygen atoms in total. The summed E-state index contributed by atoms with van der Waals surface area (Å²) in [7, 11) is 0. The standard InChI is InChI=1S/C16H23NO5/c1-11(2)14(19)7-8-16(21)22-10-12(3)15(20)6-5-9-17-13(4)18/h5-8,11-12H,9-10H2,1-4H3,(H,17,18)/b6-5+,8-7+. The van der Waals surface area contributed by atoms with Crippen molar-refractivity contribution in [2.45, 2.75) is 27.7 Å². The lowest BCUT2D eigenvalue weighted by Crippen LogP contribution is -2.20. The number of esters is 1. The quantitative estimate of drug-likeness (QED) is 0.511. The van der Waals surface area contributed by atoms with Gasteiger partial charge in [-0.3, -0.25) is 14.4 Å². The van der Waals surface area contributed by atoms with Gasteiger partial charge >= 0.3 is 5.97 Å². The van der Waals surface area contributed by atoms with E-state index in [0.29, 0.717) is 0 Å². The Morgan fingerprint density at radius 2 is 1.64 bits per heavy atom. The van der Waals surface area contributed by atoms with E-state index in [1.165, 1.54) is 25.2 Å². The fourth-order valence-corrected chi connectivity index (χ4v) is 1.22. The third-order valence-electron chi connectivity index (χ3n) is 2.66. The van der Waals surface area contributed by atoms with E-state index in [-0.39, 0.29) is 36.5 Å². The van der Waals surface area contributed by atoms with Crippen molar-refractivity contribution in [3.8, 4) is 0 Å². The van der Waals surface area contributed by atoms with Crippen LogP contribution >= 0.6 is 0 Å². The van der Waals surface area contributed by atoms with Crippen molar-refractivity contribution in [1.29, 1.82) is 0 Å². The van der Waals surface area contributed by atoms with Gasteiger partial charge in [0.1, 0.15) is 6.61 Å². The van der Waals surface area contributed by atoms with E-state index in [1.54, 1.807) is 20.8 Å². The monoisotopic (exact) mass is 309 g/mol. The van der Waals surface area contributed by atoms with Crippen LogP contribution in [0, 0.1) is 11.8 Å². The second-order valence-corrected chi connectivity index (χ2v) is 5.16. The minimum atomic E-state index is -0.657. The van der Waals surface area contributed by atoms with E-state index < -0.39 is 11.9 Å². The summed E-state index contributed by atoms with van der Waals surface area (Å²) >= 11 is 0. The lowest BCUT2D eigenvalue weighted by atomic mass is 10.1. The van der Waals surface area contributed by atoms with Crippen LogP contribution in [0.5, 0.6) is 0 Å². The van der Waals surface area contributed by atoms with Crippen LogP contribution in [-0.4, -0.2) is 36.6 Å². The Bertz CT molecular complexity index is 477. The van der Waals surface area contributed by atoms with E-state index in [1.807, 2.05) is 0 Å². The van der Waals surface area contributed by atoms with Crippen molar-refractivity contribution in [3.63, 3.8) is 0 Å². The zero-order valence-electron chi connectivity index (χ0n) is 13.4. The van der Waals surface area contributed by atoms with Crippen LogP contribution in [0.4, 0.5) is 0 Å². The molecule has 0 spiro atoms. The van der Waals surface area contributed by atoms with Crippen LogP contribution in [-0.2, 0) is 23.9 Å². The molecule has 0 aliphatic rings. The molecule has 0 aromatic rings. The molecule has 0 rings (SSSR count). The molecule has 0 aromatic carbocycles. The van der Waals surface area contributed by atoms with Gasteiger partial charge in [-0.2, -0.15) is 0 Å². The molecule has 22 heavy (non-hydrogen) atoms. The summed E-state index contributed by atoms with van der Waals surface area (Å²) in [5.41, 5.74) is 0. The van der Waals surface area contributed by atoms with Gasteiger partial charge in [-0.05, 0) is 12.2 Å². The molecule has 0 aromatic heterocycles. The maximum absolute atomic E-state index is 11.7. The third kappa shape index (κ3) is 9.63. The molecule has 6 heteroatoms. The first-order chi connectivity index (χ1) is 10.2. The van der Waals surface area contributed by atoms with Crippen molar-refractivity contribution >= 4 is 23.4 Å². The average Bonchev–Trinajstić information content (AvgIpc) is 2.45. The fraction of sp³-hybridized carbons (Fsp3) is 0.500. The van der Waals surface area contributed by atoms with Gasteiger partial charge in [-0.25, -0.2) is 4.79 Å². The summed E-state index contributed by atoms with van der Waals surface area (Å²) in [4.78, 5) is 45.0. The molecule has 0 saturated carbocycles. The number of hydrogen-bond acceptors (Lipinski definition) is 5. The van der Waals surface area contributed by atoms with E-state index in [9.17, 15) is 19.2 Å². The van der Waals surface area contributed by atoms with E-state index in [4.69, 9.17) is 4.74 Å². The molecule has 1 amide bonds. The van der Waals surface area contributed by atoms with Gasteiger partial charge in [-0.15, -0.1) is 0 Å². The van der Waals surface area contributed by atoms with Gasteiger partial charge < -0.3 is 10.1 Å². The van der Waals surface area contributed by atoms with Crippen molar-refractivity contribution in [3.05, 3.63) is 24.3 Å². The van der Waals surface area contributed by atoms with E-state index in [2.05, 4.69) is 5.32 Å². The Balaban J connectivity index is 4.13. The minimum absolute atomic E-state index is 0.0671. The summed E-state index contributed by atoms with van der Waals surface area (Å²) in [5, 5.41) is 2.52. The highest BCUT2D eigenvalue weighted by Crippen LogP contribution is 2.01. The zero-order valence-corrected chi connectivity index (χ0v) is 13.4. The molecule has 0 fully saturated rings. The van der Waals surface area contributed by atoms with Crippen molar-refractivity contribution in [2.75, 3.05) is 13.2 Å². The molecular formula is C16H23NO5. The molecule has 1 atom stereocenters. The number of rotatable bonds is 9.